The smallest absolute Gasteiger partial charge is 0.250 e. The van der Waals surface area contributed by atoms with Crippen LogP contribution in [0.5, 0.6) is 0 Å². The molecule has 0 radical (unpaired) electrons. The number of amides is 1. The van der Waals surface area contributed by atoms with Crippen molar-refractivity contribution in [1.29, 1.82) is 0 Å². The lowest BCUT2D eigenvalue weighted by Gasteiger charge is -2.17. The maximum Gasteiger partial charge on any atom is 0.250 e. The topological polar surface area (TPSA) is 58.8 Å². The van der Waals surface area contributed by atoms with E-state index in [4.69, 9.17) is 10.7 Å². The molecule has 1 atom stereocenters. The van der Waals surface area contributed by atoms with Crippen molar-refractivity contribution in [2.45, 2.75) is 6.42 Å². The van der Waals surface area contributed by atoms with E-state index in [1.807, 2.05) is 0 Å². The van der Waals surface area contributed by atoms with Gasteiger partial charge in [-0.1, -0.05) is 0 Å². The molecule has 0 spiro atoms. The molecule has 0 saturated carbocycles. The molecule has 0 unspecified atom stereocenters. The summed E-state index contributed by atoms with van der Waals surface area (Å²) < 4.78 is 0. The van der Waals surface area contributed by atoms with Crippen LogP contribution in [0.25, 0.3) is 0 Å². The van der Waals surface area contributed by atoms with Crippen molar-refractivity contribution < 1.29 is 9.63 Å². The molecule has 5 nitrogen and oxygen atoms in total. The fourth-order valence-electron chi connectivity index (χ4n) is 1.34. The van der Waals surface area contributed by atoms with Gasteiger partial charge in [-0.05, 0) is 6.42 Å². The van der Waals surface area contributed by atoms with Crippen LogP contribution in [0.15, 0.2) is 0 Å². The van der Waals surface area contributed by atoms with Gasteiger partial charge in [0, 0.05) is 20.1 Å². The Morgan fingerprint density at radius 3 is 2.83 bits per heavy atom. The quantitative estimate of drug-likeness (QED) is 0.439. The van der Waals surface area contributed by atoms with Crippen LogP contribution in [0.3, 0.4) is 0 Å². The van der Waals surface area contributed by atoms with E-state index < -0.39 is 0 Å². The Balaban J connectivity index is 2.43. The molecule has 0 aliphatic carbocycles. The van der Waals surface area contributed by atoms with Crippen LogP contribution in [-0.4, -0.2) is 43.2 Å². The summed E-state index contributed by atoms with van der Waals surface area (Å²) in [6.45, 7) is 1.42. The summed E-state index contributed by atoms with van der Waals surface area (Å²) in [5.41, 5.74) is 0. The van der Waals surface area contributed by atoms with Crippen LogP contribution in [0.2, 0.25) is 0 Å². The normalized spacial score (nSPS) is 24.4. The van der Waals surface area contributed by atoms with Gasteiger partial charge in [0.1, 0.15) is 0 Å². The Labute approximate surface area is 72.0 Å². The van der Waals surface area contributed by atoms with E-state index in [0.29, 0.717) is 6.54 Å². The molecule has 0 aromatic heterocycles. The first-order chi connectivity index (χ1) is 5.65. The largest absolute Gasteiger partial charge is 0.275 e. The first-order valence-corrected chi connectivity index (χ1v) is 3.96. The molecule has 1 rings (SSSR count). The molecule has 0 bridgehead atoms. The Morgan fingerprint density at radius 2 is 2.42 bits per heavy atom. The van der Waals surface area contributed by atoms with Gasteiger partial charge in [0.15, 0.2) is 0 Å². The van der Waals surface area contributed by atoms with Crippen molar-refractivity contribution in [3.63, 3.8) is 0 Å². The van der Waals surface area contributed by atoms with Gasteiger partial charge in [0.2, 0.25) is 5.91 Å². The number of rotatable bonds is 2. The number of carbonyl (C=O) groups excluding carboxylic acids is 1. The van der Waals surface area contributed by atoms with E-state index in [0.717, 1.165) is 13.0 Å². The first-order valence-electron chi connectivity index (χ1n) is 3.96. The molecule has 0 aromatic rings. The van der Waals surface area contributed by atoms with E-state index in [9.17, 15) is 4.79 Å². The second-order valence-corrected chi connectivity index (χ2v) is 3.00. The number of nitrogens with two attached hydrogens (primary N) is 1. The minimum atomic E-state index is -0.0000463. The van der Waals surface area contributed by atoms with Crippen LogP contribution in [-0.2, 0) is 9.63 Å². The van der Waals surface area contributed by atoms with Gasteiger partial charge in [-0.2, -0.15) is 0 Å². The predicted molar refractivity (Wildman–Crippen MR) is 43.6 cm³/mol. The zero-order valence-corrected chi connectivity index (χ0v) is 7.49. The third-order valence-corrected chi connectivity index (χ3v) is 2.15. The monoisotopic (exact) mass is 173 g/mol. The highest BCUT2D eigenvalue weighted by Gasteiger charge is 2.28. The molecular formula is C7H15N3O2. The molecule has 1 amide bonds. The number of carbonyl (C=O) groups is 1. The summed E-state index contributed by atoms with van der Waals surface area (Å²) in [7, 11) is 3.09. The van der Waals surface area contributed by atoms with Crippen molar-refractivity contribution in [1.82, 2.24) is 10.1 Å². The van der Waals surface area contributed by atoms with Gasteiger partial charge in [-0.15, -0.1) is 0 Å². The lowest BCUT2D eigenvalue weighted by molar-refractivity contribution is -0.172. The summed E-state index contributed by atoms with van der Waals surface area (Å²) in [5, 5.41) is 2.91. The average molecular weight is 173 g/mol. The van der Waals surface area contributed by atoms with Crippen molar-refractivity contribution in [2.24, 2.45) is 11.8 Å². The van der Waals surface area contributed by atoms with Gasteiger partial charge in [0.25, 0.3) is 0 Å². The SMILES string of the molecule is CON(C)C(=O)[C@@H]1CCN(N)C1. The molecule has 2 N–H and O–H groups in total. The predicted octanol–water partition coefficient (Wildman–Crippen LogP) is -0.798. The molecule has 12 heavy (non-hydrogen) atoms. The molecule has 1 heterocycles. The van der Waals surface area contributed by atoms with E-state index in [1.165, 1.54) is 12.2 Å². The summed E-state index contributed by atoms with van der Waals surface area (Å²) in [6.07, 6.45) is 0.822. The fraction of sp³-hybridized carbons (Fsp3) is 0.857. The molecule has 70 valence electrons. The van der Waals surface area contributed by atoms with Gasteiger partial charge in [-0.3, -0.25) is 15.5 Å². The van der Waals surface area contributed by atoms with E-state index in [1.54, 1.807) is 12.1 Å². The van der Waals surface area contributed by atoms with Crippen molar-refractivity contribution >= 4 is 5.91 Å². The zero-order chi connectivity index (χ0) is 9.14. The minimum Gasteiger partial charge on any atom is -0.275 e. The van der Waals surface area contributed by atoms with Crippen molar-refractivity contribution in [3.8, 4) is 0 Å². The molecule has 1 aliphatic heterocycles. The summed E-state index contributed by atoms with van der Waals surface area (Å²) in [6, 6.07) is 0. The second-order valence-electron chi connectivity index (χ2n) is 3.00. The highest BCUT2D eigenvalue weighted by molar-refractivity contribution is 5.78. The van der Waals surface area contributed by atoms with Gasteiger partial charge < -0.3 is 0 Å². The average Bonchev–Trinajstić information content (AvgIpc) is 2.49. The molecule has 0 aromatic carbocycles. The lowest BCUT2D eigenvalue weighted by atomic mass is 10.1. The maximum atomic E-state index is 11.4. The highest BCUT2D eigenvalue weighted by Crippen LogP contribution is 2.15. The standard InChI is InChI=1S/C7H15N3O2/c1-9(12-2)7(11)6-3-4-10(8)5-6/h6H,3-5,8H2,1-2H3/t6-/m1/s1. The molecule has 5 heteroatoms. The van der Waals surface area contributed by atoms with Crippen LogP contribution < -0.4 is 5.84 Å². The molecule has 1 aliphatic rings. The summed E-state index contributed by atoms with van der Waals surface area (Å²) in [5.74, 6) is 5.53. The number of hydrazine groups is 1. The van der Waals surface area contributed by atoms with E-state index in [2.05, 4.69) is 0 Å². The zero-order valence-electron chi connectivity index (χ0n) is 7.49. The fourth-order valence-corrected chi connectivity index (χ4v) is 1.34. The number of hydrogen-bond donors (Lipinski definition) is 1. The Hall–Kier alpha value is -0.650. The van der Waals surface area contributed by atoms with Crippen molar-refractivity contribution in [2.75, 3.05) is 27.2 Å². The van der Waals surface area contributed by atoms with Crippen LogP contribution in [0, 0.1) is 5.92 Å². The number of hydrogen-bond acceptors (Lipinski definition) is 4. The van der Waals surface area contributed by atoms with Crippen LogP contribution in [0.1, 0.15) is 6.42 Å². The third kappa shape index (κ3) is 1.94. The van der Waals surface area contributed by atoms with Crippen LogP contribution >= 0.6 is 0 Å². The highest BCUT2D eigenvalue weighted by atomic mass is 16.7. The number of hydroxylamine groups is 2. The molecule has 1 saturated heterocycles. The maximum absolute atomic E-state index is 11.4. The summed E-state index contributed by atoms with van der Waals surface area (Å²) >= 11 is 0. The second kappa shape index (κ2) is 3.84. The van der Waals surface area contributed by atoms with Gasteiger partial charge in [-0.25, -0.2) is 10.1 Å². The van der Waals surface area contributed by atoms with E-state index in [-0.39, 0.29) is 11.8 Å². The van der Waals surface area contributed by atoms with Crippen LogP contribution in [0.4, 0.5) is 0 Å². The summed E-state index contributed by atoms with van der Waals surface area (Å²) in [4.78, 5) is 16.2. The third-order valence-electron chi connectivity index (χ3n) is 2.15. The Morgan fingerprint density at radius 1 is 1.75 bits per heavy atom. The Kier molecular flexibility index (Phi) is 3.02. The van der Waals surface area contributed by atoms with Gasteiger partial charge in [0.05, 0.1) is 13.0 Å². The van der Waals surface area contributed by atoms with Crippen molar-refractivity contribution in [3.05, 3.63) is 0 Å². The number of nitrogens with zero attached hydrogens (tertiary/aromatic N) is 2. The van der Waals surface area contributed by atoms with Gasteiger partial charge >= 0.3 is 0 Å². The Bertz CT molecular complexity index is 174. The minimum absolute atomic E-state index is 0.0000463. The lowest BCUT2D eigenvalue weighted by Crippen LogP contribution is -2.35. The first kappa shape index (κ1) is 9.44. The van der Waals surface area contributed by atoms with E-state index >= 15 is 0 Å². The molecular weight excluding hydrogens is 158 g/mol. The molecule has 1 fully saturated rings.